The molecule has 1 fully saturated rings. The lowest BCUT2D eigenvalue weighted by atomic mass is 10.4. The molecule has 0 aliphatic heterocycles. The van der Waals surface area contributed by atoms with Gasteiger partial charge in [0.2, 0.25) is 5.88 Å². The van der Waals surface area contributed by atoms with Crippen LogP contribution >= 0.6 is 0 Å². The molecule has 1 aromatic heterocycles. The van der Waals surface area contributed by atoms with Gasteiger partial charge in [-0.3, -0.25) is 4.98 Å². The first-order valence-corrected chi connectivity index (χ1v) is 5.66. The number of hydrogen-bond donors (Lipinski definition) is 1. The summed E-state index contributed by atoms with van der Waals surface area (Å²) in [6, 6.07) is 0.699. The van der Waals surface area contributed by atoms with Gasteiger partial charge in [-0.15, -0.1) is 6.58 Å². The highest BCUT2D eigenvalue weighted by molar-refractivity contribution is 5.07. The lowest BCUT2D eigenvalue weighted by Gasteiger charge is -2.04. The van der Waals surface area contributed by atoms with Gasteiger partial charge in [0.1, 0.15) is 0 Å². The van der Waals surface area contributed by atoms with Gasteiger partial charge in [0.15, 0.2) is 0 Å². The van der Waals surface area contributed by atoms with Gasteiger partial charge in [0.05, 0.1) is 24.7 Å². The summed E-state index contributed by atoms with van der Waals surface area (Å²) in [5, 5.41) is 3.39. The molecule has 86 valence electrons. The fraction of sp³-hybridized carbons (Fsp3) is 0.500. The second-order valence-corrected chi connectivity index (χ2v) is 3.93. The monoisotopic (exact) mass is 219 g/mol. The topological polar surface area (TPSA) is 47.0 Å². The summed E-state index contributed by atoms with van der Waals surface area (Å²) < 4.78 is 5.37. The van der Waals surface area contributed by atoms with Crippen LogP contribution in [0.1, 0.15) is 25.0 Å². The zero-order valence-electron chi connectivity index (χ0n) is 9.35. The maximum absolute atomic E-state index is 5.37. The summed E-state index contributed by atoms with van der Waals surface area (Å²) in [6.45, 7) is 5.03. The summed E-state index contributed by atoms with van der Waals surface area (Å²) >= 11 is 0. The van der Waals surface area contributed by atoms with E-state index in [4.69, 9.17) is 4.74 Å². The van der Waals surface area contributed by atoms with Crippen molar-refractivity contribution in [2.75, 3.05) is 6.61 Å². The Morgan fingerprint density at radius 2 is 2.31 bits per heavy atom. The molecule has 4 heteroatoms. The lowest BCUT2D eigenvalue weighted by Crippen LogP contribution is -2.16. The van der Waals surface area contributed by atoms with Gasteiger partial charge in [0, 0.05) is 12.6 Å². The van der Waals surface area contributed by atoms with E-state index in [1.165, 1.54) is 12.8 Å². The van der Waals surface area contributed by atoms with Crippen molar-refractivity contribution < 1.29 is 4.74 Å². The predicted octanol–water partition coefficient (Wildman–Crippen LogP) is 1.68. The van der Waals surface area contributed by atoms with E-state index in [1.807, 2.05) is 6.08 Å². The molecule has 16 heavy (non-hydrogen) atoms. The molecule has 1 saturated carbocycles. The minimum Gasteiger partial charge on any atom is -0.476 e. The van der Waals surface area contributed by atoms with E-state index in [1.54, 1.807) is 12.4 Å². The predicted molar refractivity (Wildman–Crippen MR) is 62.2 cm³/mol. The van der Waals surface area contributed by atoms with Gasteiger partial charge in [-0.25, -0.2) is 4.98 Å². The van der Waals surface area contributed by atoms with Gasteiger partial charge in [0.25, 0.3) is 0 Å². The molecule has 0 bridgehead atoms. The van der Waals surface area contributed by atoms with Crippen LogP contribution < -0.4 is 10.1 Å². The molecular formula is C12H17N3O. The fourth-order valence-electron chi connectivity index (χ4n) is 1.29. The first-order chi connectivity index (χ1) is 7.88. The minimum atomic E-state index is 0.581. The summed E-state index contributed by atoms with van der Waals surface area (Å²) in [4.78, 5) is 8.47. The smallest absolute Gasteiger partial charge is 0.232 e. The normalized spacial score (nSPS) is 14.8. The summed E-state index contributed by atoms with van der Waals surface area (Å²) in [7, 11) is 0. The second kappa shape index (κ2) is 5.61. The molecule has 1 aliphatic rings. The molecule has 0 unspecified atom stereocenters. The standard InChI is InChI=1S/C12H17N3O/c1-2-3-6-16-12-9-14-11(8-15-12)7-13-10-4-5-10/h2,8-10,13H,1,3-7H2. The Morgan fingerprint density at radius 1 is 1.44 bits per heavy atom. The van der Waals surface area contributed by atoms with Gasteiger partial charge >= 0.3 is 0 Å². The van der Waals surface area contributed by atoms with E-state index in [-0.39, 0.29) is 0 Å². The number of rotatable bonds is 7. The van der Waals surface area contributed by atoms with Crippen LogP contribution in [0.3, 0.4) is 0 Å². The molecule has 0 radical (unpaired) electrons. The van der Waals surface area contributed by atoms with Crippen LogP contribution in [0.2, 0.25) is 0 Å². The number of aromatic nitrogens is 2. The Balaban J connectivity index is 1.76. The van der Waals surface area contributed by atoms with E-state index < -0.39 is 0 Å². The van der Waals surface area contributed by atoms with Gasteiger partial charge in [-0.1, -0.05) is 6.08 Å². The Bertz CT molecular complexity index is 333. The van der Waals surface area contributed by atoms with Crippen molar-refractivity contribution in [2.45, 2.75) is 31.8 Å². The number of nitrogens with one attached hydrogen (secondary N) is 1. The molecule has 1 aliphatic carbocycles. The highest BCUT2D eigenvalue weighted by Crippen LogP contribution is 2.19. The Kier molecular flexibility index (Phi) is 3.88. The van der Waals surface area contributed by atoms with E-state index >= 15 is 0 Å². The molecule has 1 N–H and O–H groups in total. The number of nitrogens with zero attached hydrogens (tertiary/aromatic N) is 2. The van der Waals surface area contributed by atoms with Gasteiger partial charge < -0.3 is 10.1 Å². The third-order valence-electron chi connectivity index (χ3n) is 2.40. The van der Waals surface area contributed by atoms with Crippen LogP contribution in [0.4, 0.5) is 0 Å². The Hall–Kier alpha value is -1.42. The van der Waals surface area contributed by atoms with Crippen molar-refractivity contribution in [1.29, 1.82) is 0 Å². The Labute approximate surface area is 95.8 Å². The number of ether oxygens (including phenoxy) is 1. The molecule has 0 spiro atoms. The molecule has 1 aromatic rings. The van der Waals surface area contributed by atoms with E-state index in [0.717, 1.165) is 18.7 Å². The van der Waals surface area contributed by atoms with Crippen molar-refractivity contribution >= 4 is 0 Å². The van der Waals surface area contributed by atoms with Crippen LogP contribution in [0.15, 0.2) is 25.0 Å². The molecule has 1 heterocycles. The van der Waals surface area contributed by atoms with Crippen molar-refractivity contribution in [3.05, 3.63) is 30.7 Å². The molecule has 2 rings (SSSR count). The lowest BCUT2D eigenvalue weighted by molar-refractivity contribution is 0.310. The average molecular weight is 219 g/mol. The minimum absolute atomic E-state index is 0.581. The zero-order chi connectivity index (χ0) is 11.2. The van der Waals surface area contributed by atoms with Gasteiger partial charge in [-0.2, -0.15) is 0 Å². The van der Waals surface area contributed by atoms with Crippen molar-refractivity contribution in [3.8, 4) is 5.88 Å². The summed E-state index contributed by atoms with van der Waals surface area (Å²) in [5.41, 5.74) is 0.961. The first-order valence-electron chi connectivity index (χ1n) is 5.66. The third-order valence-corrected chi connectivity index (χ3v) is 2.40. The molecule has 0 aromatic carbocycles. The first kappa shape index (κ1) is 11.1. The summed E-state index contributed by atoms with van der Waals surface area (Å²) in [5.74, 6) is 0.581. The van der Waals surface area contributed by atoms with Crippen molar-refractivity contribution in [3.63, 3.8) is 0 Å². The fourth-order valence-corrected chi connectivity index (χ4v) is 1.29. The van der Waals surface area contributed by atoms with E-state index in [0.29, 0.717) is 18.5 Å². The maximum atomic E-state index is 5.37. The SMILES string of the molecule is C=CCCOc1cnc(CNC2CC2)cn1. The molecule has 4 nitrogen and oxygen atoms in total. The van der Waals surface area contributed by atoms with E-state index in [9.17, 15) is 0 Å². The largest absolute Gasteiger partial charge is 0.476 e. The molecular weight excluding hydrogens is 202 g/mol. The molecule has 0 saturated heterocycles. The van der Waals surface area contributed by atoms with Crippen LogP contribution in [-0.4, -0.2) is 22.6 Å². The average Bonchev–Trinajstić information content (AvgIpc) is 3.12. The molecule has 0 atom stereocenters. The van der Waals surface area contributed by atoms with Gasteiger partial charge in [-0.05, 0) is 19.3 Å². The number of hydrogen-bond acceptors (Lipinski definition) is 4. The van der Waals surface area contributed by atoms with Crippen LogP contribution in [0.25, 0.3) is 0 Å². The maximum Gasteiger partial charge on any atom is 0.232 e. The van der Waals surface area contributed by atoms with E-state index in [2.05, 4.69) is 21.9 Å². The summed E-state index contributed by atoms with van der Waals surface area (Å²) in [6.07, 6.45) is 8.66. The van der Waals surface area contributed by atoms with Crippen molar-refractivity contribution in [2.24, 2.45) is 0 Å². The Morgan fingerprint density at radius 3 is 2.94 bits per heavy atom. The zero-order valence-corrected chi connectivity index (χ0v) is 9.35. The highest BCUT2D eigenvalue weighted by Gasteiger charge is 2.20. The second-order valence-electron chi connectivity index (χ2n) is 3.93. The quantitative estimate of drug-likeness (QED) is 0.560. The van der Waals surface area contributed by atoms with Crippen LogP contribution in [-0.2, 0) is 6.54 Å². The third kappa shape index (κ3) is 3.62. The van der Waals surface area contributed by atoms with Crippen LogP contribution in [0, 0.1) is 0 Å². The van der Waals surface area contributed by atoms with Crippen LogP contribution in [0.5, 0.6) is 5.88 Å². The van der Waals surface area contributed by atoms with Crippen molar-refractivity contribution in [1.82, 2.24) is 15.3 Å². The highest BCUT2D eigenvalue weighted by atomic mass is 16.5. The molecule has 0 amide bonds.